The van der Waals surface area contributed by atoms with Gasteiger partial charge in [-0.2, -0.15) is 0 Å². The van der Waals surface area contributed by atoms with Gasteiger partial charge in [0, 0.05) is 4.53 Å². The molecule has 0 N–H and O–H groups in total. The Bertz CT molecular complexity index is 373. The van der Waals surface area contributed by atoms with E-state index in [0.29, 0.717) is 0 Å². The zero-order chi connectivity index (χ0) is 8.43. The molecule has 0 aliphatic carbocycles. The van der Waals surface area contributed by atoms with Gasteiger partial charge >= 0.3 is 0 Å². The van der Waals surface area contributed by atoms with Gasteiger partial charge < -0.3 is 0 Å². The molecular weight excluding hydrogens is 154 g/mol. The number of thiazole rings is 1. The molecule has 0 radical (unpaired) electrons. The number of hydrogen-bond donors (Lipinski definition) is 0. The van der Waals surface area contributed by atoms with E-state index in [0.717, 1.165) is 20.5 Å². The molecule has 1 heterocycles. The molecule has 0 bridgehead atoms. The standard InChI is InChI=1S/C9H11NS/c1-6(2)5-9-7(3)11-8(4)10-9/h5H,1,3H2,2,4H3/b9-5+. The highest BCUT2D eigenvalue weighted by molar-refractivity contribution is 7.09. The van der Waals surface area contributed by atoms with E-state index in [2.05, 4.69) is 18.1 Å². The maximum absolute atomic E-state index is 4.29. The number of rotatable bonds is 1. The second-order valence-corrected chi connectivity index (χ2v) is 3.82. The van der Waals surface area contributed by atoms with Crippen molar-refractivity contribution in [2.24, 2.45) is 0 Å². The molecule has 0 amide bonds. The first kappa shape index (κ1) is 8.21. The summed E-state index contributed by atoms with van der Waals surface area (Å²) >= 11 is 1.62. The summed E-state index contributed by atoms with van der Waals surface area (Å²) in [5.74, 6) is 0. The Hall–Kier alpha value is -0.890. The Morgan fingerprint density at radius 2 is 2.27 bits per heavy atom. The smallest absolute Gasteiger partial charge is 0.0907 e. The number of aromatic nitrogens is 1. The van der Waals surface area contributed by atoms with Crippen molar-refractivity contribution in [1.29, 1.82) is 0 Å². The molecule has 0 spiro atoms. The Morgan fingerprint density at radius 1 is 1.64 bits per heavy atom. The van der Waals surface area contributed by atoms with Crippen molar-refractivity contribution in [3.05, 3.63) is 27.0 Å². The summed E-state index contributed by atoms with van der Waals surface area (Å²) in [5.41, 5.74) is 1.01. The fourth-order valence-electron chi connectivity index (χ4n) is 0.832. The van der Waals surface area contributed by atoms with Crippen LogP contribution in [0.3, 0.4) is 0 Å². The first-order valence-corrected chi connectivity index (χ1v) is 4.21. The molecule has 0 fully saturated rings. The molecule has 0 aromatic carbocycles. The van der Waals surface area contributed by atoms with Crippen LogP contribution in [0.1, 0.15) is 11.9 Å². The molecule has 11 heavy (non-hydrogen) atoms. The summed E-state index contributed by atoms with van der Waals surface area (Å²) in [6, 6.07) is 0. The third kappa shape index (κ3) is 2.02. The molecule has 1 nitrogen and oxygen atoms in total. The predicted molar refractivity (Wildman–Crippen MR) is 50.9 cm³/mol. The minimum atomic E-state index is 0.958. The number of hydrogen-bond acceptors (Lipinski definition) is 2. The molecule has 1 rings (SSSR count). The van der Waals surface area contributed by atoms with Crippen molar-refractivity contribution in [2.75, 3.05) is 0 Å². The van der Waals surface area contributed by atoms with Gasteiger partial charge in [-0.15, -0.1) is 11.3 Å². The van der Waals surface area contributed by atoms with E-state index in [1.165, 1.54) is 0 Å². The number of nitrogens with zero attached hydrogens (tertiary/aromatic N) is 1. The molecule has 0 aliphatic heterocycles. The summed E-state index contributed by atoms with van der Waals surface area (Å²) in [5, 5.41) is 2.02. The van der Waals surface area contributed by atoms with Gasteiger partial charge in [-0.05, 0) is 19.9 Å². The van der Waals surface area contributed by atoms with E-state index < -0.39 is 0 Å². The van der Waals surface area contributed by atoms with Crippen LogP contribution in [-0.2, 0) is 0 Å². The normalized spacial score (nSPS) is 12.0. The molecular formula is C9H11NS. The molecule has 2 heteroatoms. The fraction of sp³-hybridized carbons (Fsp3) is 0.222. The molecule has 0 saturated carbocycles. The van der Waals surface area contributed by atoms with E-state index in [4.69, 9.17) is 0 Å². The molecule has 0 saturated heterocycles. The first-order valence-electron chi connectivity index (χ1n) is 3.39. The molecule has 0 aliphatic rings. The van der Waals surface area contributed by atoms with Crippen molar-refractivity contribution >= 4 is 24.0 Å². The summed E-state index contributed by atoms with van der Waals surface area (Å²) in [6.07, 6.45) is 1.95. The lowest BCUT2D eigenvalue weighted by Crippen LogP contribution is -2.18. The summed E-state index contributed by atoms with van der Waals surface area (Å²) in [7, 11) is 0. The highest BCUT2D eigenvalue weighted by Gasteiger charge is 1.90. The molecule has 0 unspecified atom stereocenters. The second-order valence-electron chi connectivity index (χ2n) is 2.53. The van der Waals surface area contributed by atoms with Gasteiger partial charge in [0.1, 0.15) is 0 Å². The Labute approximate surface area is 70.4 Å². The summed E-state index contributed by atoms with van der Waals surface area (Å²) < 4.78 is 1.02. The minimum Gasteiger partial charge on any atom is -0.242 e. The topological polar surface area (TPSA) is 12.9 Å². The third-order valence-corrected chi connectivity index (χ3v) is 2.06. The van der Waals surface area contributed by atoms with E-state index in [-0.39, 0.29) is 0 Å². The first-order chi connectivity index (χ1) is 5.09. The second kappa shape index (κ2) is 3.01. The zero-order valence-electron chi connectivity index (χ0n) is 6.85. The minimum absolute atomic E-state index is 0.958. The van der Waals surface area contributed by atoms with Gasteiger partial charge in [0.05, 0.1) is 10.4 Å². The summed E-state index contributed by atoms with van der Waals surface area (Å²) in [6.45, 7) is 11.6. The van der Waals surface area contributed by atoms with Crippen LogP contribution in [0.4, 0.5) is 0 Å². The predicted octanol–water partition coefficient (Wildman–Crippen LogP) is 1.22. The van der Waals surface area contributed by atoms with E-state index in [9.17, 15) is 0 Å². The number of allylic oxidation sites excluding steroid dienone is 1. The van der Waals surface area contributed by atoms with Crippen LogP contribution in [0.2, 0.25) is 0 Å². The van der Waals surface area contributed by atoms with Crippen LogP contribution >= 0.6 is 11.3 Å². The maximum atomic E-state index is 4.29. The summed E-state index contributed by atoms with van der Waals surface area (Å²) in [4.78, 5) is 4.29. The van der Waals surface area contributed by atoms with E-state index in [1.807, 2.05) is 19.9 Å². The van der Waals surface area contributed by atoms with Gasteiger partial charge in [0.25, 0.3) is 0 Å². The van der Waals surface area contributed by atoms with Gasteiger partial charge in [0.2, 0.25) is 0 Å². The average Bonchev–Trinajstić information content (AvgIpc) is 2.09. The maximum Gasteiger partial charge on any atom is 0.0907 e. The van der Waals surface area contributed by atoms with Crippen LogP contribution in [-0.4, -0.2) is 4.98 Å². The van der Waals surface area contributed by atoms with Crippen molar-refractivity contribution in [3.8, 4) is 0 Å². The molecule has 58 valence electrons. The van der Waals surface area contributed by atoms with E-state index >= 15 is 0 Å². The SMILES string of the molecule is C=C(C)/C=c1/nc(C)sc1=C. The third-order valence-electron chi connectivity index (χ3n) is 1.22. The lowest BCUT2D eigenvalue weighted by molar-refractivity contribution is 1.23. The average molecular weight is 165 g/mol. The van der Waals surface area contributed by atoms with Crippen LogP contribution in [0.25, 0.3) is 12.7 Å². The highest BCUT2D eigenvalue weighted by atomic mass is 32.1. The zero-order valence-corrected chi connectivity index (χ0v) is 7.66. The van der Waals surface area contributed by atoms with Gasteiger partial charge in [0.15, 0.2) is 0 Å². The highest BCUT2D eigenvalue weighted by Crippen LogP contribution is 1.91. The molecule has 0 atom stereocenters. The molecule has 1 aromatic rings. The fourth-order valence-corrected chi connectivity index (χ4v) is 1.54. The van der Waals surface area contributed by atoms with Crippen molar-refractivity contribution in [1.82, 2.24) is 4.98 Å². The van der Waals surface area contributed by atoms with Gasteiger partial charge in [-0.3, -0.25) is 0 Å². The largest absolute Gasteiger partial charge is 0.242 e. The van der Waals surface area contributed by atoms with Crippen LogP contribution in [0.5, 0.6) is 0 Å². The monoisotopic (exact) mass is 165 g/mol. The molecule has 1 aromatic heterocycles. The van der Waals surface area contributed by atoms with Crippen LogP contribution < -0.4 is 9.88 Å². The Morgan fingerprint density at radius 3 is 2.64 bits per heavy atom. The van der Waals surface area contributed by atoms with Crippen molar-refractivity contribution in [2.45, 2.75) is 13.8 Å². The van der Waals surface area contributed by atoms with Gasteiger partial charge in [-0.1, -0.05) is 18.7 Å². The lowest BCUT2D eigenvalue weighted by Gasteiger charge is -1.79. The Balaban J connectivity index is 3.35. The van der Waals surface area contributed by atoms with Crippen molar-refractivity contribution in [3.63, 3.8) is 0 Å². The lowest BCUT2D eigenvalue weighted by atomic mass is 10.3. The van der Waals surface area contributed by atoms with Crippen LogP contribution in [0, 0.1) is 6.92 Å². The Kier molecular flexibility index (Phi) is 2.25. The van der Waals surface area contributed by atoms with E-state index in [1.54, 1.807) is 11.3 Å². The van der Waals surface area contributed by atoms with Crippen LogP contribution in [0.15, 0.2) is 12.2 Å². The van der Waals surface area contributed by atoms with Crippen molar-refractivity contribution < 1.29 is 0 Å². The number of aryl methyl sites for hydroxylation is 1. The quantitative estimate of drug-likeness (QED) is 0.609. The van der Waals surface area contributed by atoms with Gasteiger partial charge in [-0.25, -0.2) is 4.98 Å².